The van der Waals surface area contributed by atoms with Gasteiger partial charge in [-0.05, 0) is 31.0 Å². The highest BCUT2D eigenvalue weighted by molar-refractivity contribution is 5.99. The van der Waals surface area contributed by atoms with Gasteiger partial charge in [-0.1, -0.05) is 31.2 Å². The van der Waals surface area contributed by atoms with Crippen LogP contribution < -0.4 is 4.74 Å². The maximum absolute atomic E-state index is 13.5. The van der Waals surface area contributed by atoms with Crippen molar-refractivity contribution < 1.29 is 18.3 Å². The van der Waals surface area contributed by atoms with Crippen molar-refractivity contribution >= 4 is 5.78 Å². The van der Waals surface area contributed by atoms with Gasteiger partial charge < -0.3 is 4.74 Å². The van der Waals surface area contributed by atoms with E-state index in [9.17, 15) is 13.6 Å². The Morgan fingerprint density at radius 3 is 2.43 bits per heavy atom. The summed E-state index contributed by atoms with van der Waals surface area (Å²) in [4.78, 5) is 12.2. The van der Waals surface area contributed by atoms with Crippen molar-refractivity contribution in [1.82, 2.24) is 0 Å². The molecule has 0 fully saturated rings. The maximum atomic E-state index is 13.5. The van der Waals surface area contributed by atoms with Crippen LogP contribution in [0.15, 0.2) is 42.5 Å². The predicted octanol–water partition coefficient (Wildman–Crippen LogP) is 4.18. The van der Waals surface area contributed by atoms with E-state index in [0.717, 1.165) is 30.2 Å². The second-order valence-corrected chi connectivity index (χ2v) is 4.75. The van der Waals surface area contributed by atoms with E-state index in [1.54, 1.807) is 12.1 Å². The average Bonchev–Trinajstić information content (AvgIpc) is 2.50. The zero-order valence-electron chi connectivity index (χ0n) is 11.9. The van der Waals surface area contributed by atoms with E-state index >= 15 is 0 Å². The normalized spacial score (nSPS) is 12.0. The summed E-state index contributed by atoms with van der Waals surface area (Å²) in [5, 5.41) is 0. The third-order valence-electron chi connectivity index (χ3n) is 3.21. The van der Waals surface area contributed by atoms with Crippen LogP contribution in [0.1, 0.15) is 29.8 Å². The molecule has 0 aliphatic heterocycles. The van der Waals surface area contributed by atoms with E-state index in [-0.39, 0.29) is 11.5 Å². The fourth-order valence-corrected chi connectivity index (χ4v) is 1.95. The molecule has 2 rings (SSSR count). The Morgan fingerprint density at radius 1 is 1.14 bits per heavy atom. The topological polar surface area (TPSA) is 26.3 Å². The van der Waals surface area contributed by atoms with Gasteiger partial charge in [0.15, 0.2) is 17.7 Å². The Balaban J connectivity index is 2.13. The summed E-state index contributed by atoms with van der Waals surface area (Å²) in [5.74, 6) is -1.85. The molecule has 1 atom stereocenters. The van der Waals surface area contributed by atoms with Crippen LogP contribution >= 0.6 is 0 Å². The lowest BCUT2D eigenvalue weighted by atomic mass is 10.0. The van der Waals surface area contributed by atoms with Crippen molar-refractivity contribution in [1.29, 1.82) is 0 Å². The van der Waals surface area contributed by atoms with E-state index in [0.29, 0.717) is 5.56 Å². The highest BCUT2D eigenvalue weighted by atomic mass is 19.1. The molecular formula is C17H16F2O2. The van der Waals surface area contributed by atoms with E-state index in [1.165, 1.54) is 6.92 Å². The van der Waals surface area contributed by atoms with Crippen LogP contribution in [0.4, 0.5) is 8.78 Å². The Morgan fingerprint density at radius 2 is 1.81 bits per heavy atom. The van der Waals surface area contributed by atoms with Gasteiger partial charge in [0.2, 0.25) is 5.78 Å². The van der Waals surface area contributed by atoms with Crippen molar-refractivity contribution in [3.8, 4) is 5.75 Å². The second kappa shape index (κ2) is 6.48. The molecule has 0 N–H and O–H groups in total. The molecule has 0 aromatic heterocycles. The third-order valence-corrected chi connectivity index (χ3v) is 3.21. The maximum Gasteiger partial charge on any atom is 0.202 e. The Kier molecular flexibility index (Phi) is 4.68. The first kappa shape index (κ1) is 15.2. The number of halogens is 2. The minimum Gasteiger partial charge on any atom is -0.479 e. The molecular weight excluding hydrogens is 274 g/mol. The van der Waals surface area contributed by atoms with E-state index in [2.05, 4.69) is 0 Å². The van der Waals surface area contributed by atoms with E-state index in [4.69, 9.17) is 4.74 Å². The van der Waals surface area contributed by atoms with Gasteiger partial charge in [-0.15, -0.1) is 0 Å². The van der Waals surface area contributed by atoms with Crippen LogP contribution in [0.25, 0.3) is 0 Å². The highest BCUT2D eigenvalue weighted by Gasteiger charge is 2.18. The van der Waals surface area contributed by atoms with E-state index in [1.807, 2.05) is 19.1 Å². The SMILES string of the molecule is CCc1ccc(C(=O)C(C)Oc2cc(F)ccc2F)cc1. The molecule has 4 heteroatoms. The molecule has 0 heterocycles. The molecule has 0 aliphatic carbocycles. The molecule has 2 aromatic carbocycles. The first-order chi connectivity index (χ1) is 10.0. The molecule has 0 radical (unpaired) electrons. The summed E-state index contributed by atoms with van der Waals surface area (Å²) in [5.41, 5.74) is 1.60. The van der Waals surface area contributed by atoms with Gasteiger partial charge in [-0.25, -0.2) is 8.78 Å². The van der Waals surface area contributed by atoms with Gasteiger partial charge in [-0.3, -0.25) is 4.79 Å². The van der Waals surface area contributed by atoms with Gasteiger partial charge in [0.05, 0.1) is 0 Å². The number of ketones is 1. The van der Waals surface area contributed by atoms with Crippen molar-refractivity contribution in [3.63, 3.8) is 0 Å². The quantitative estimate of drug-likeness (QED) is 0.772. The monoisotopic (exact) mass is 290 g/mol. The lowest BCUT2D eigenvalue weighted by molar-refractivity contribution is 0.0811. The first-order valence-corrected chi connectivity index (χ1v) is 6.76. The lowest BCUT2D eigenvalue weighted by Crippen LogP contribution is -2.24. The molecule has 21 heavy (non-hydrogen) atoms. The van der Waals surface area contributed by atoms with Crippen LogP contribution in [0.3, 0.4) is 0 Å². The molecule has 0 saturated carbocycles. The van der Waals surface area contributed by atoms with Crippen LogP contribution in [0, 0.1) is 11.6 Å². The number of hydrogen-bond donors (Lipinski definition) is 0. The molecule has 0 aliphatic rings. The Labute approximate surface area is 122 Å². The van der Waals surface area contributed by atoms with Gasteiger partial charge >= 0.3 is 0 Å². The fraction of sp³-hybridized carbons (Fsp3) is 0.235. The van der Waals surface area contributed by atoms with Crippen molar-refractivity contribution in [2.45, 2.75) is 26.4 Å². The average molecular weight is 290 g/mol. The summed E-state index contributed by atoms with van der Waals surface area (Å²) in [6, 6.07) is 10.0. The second-order valence-electron chi connectivity index (χ2n) is 4.75. The zero-order valence-corrected chi connectivity index (χ0v) is 11.9. The summed E-state index contributed by atoms with van der Waals surface area (Å²) < 4.78 is 31.8. The van der Waals surface area contributed by atoms with Crippen LogP contribution in [0.2, 0.25) is 0 Å². The van der Waals surface area contributed by atoms with Gasteiger partial charge in [-0.2, -0.15) is 0 Å². The molecule has 110 valence electrons. The van der Waals surface area contributed by atoms with E-state index < -0.39 is 17.7 Å². The van der Waals surface area contributed by atoms with Crippen LogP contribution in [-0.2, 0) is 6.42 Å². The Hall–Kier alpha value is -2.23. The zero-order chi connectivity index (χ0) is 15.4. The molecule has 0 amide bonds. The fourth-order valence-electron chi connectivity index (χ4n) is 1.95. The van der Waals surface area contributed by atoms with Gasteiger partial charge in [0.25, 0.3) is 0 Å². The molecule has 2 nitrogen and oxygen atoms in total. The summed E-state index contributed by atoms with van der Waals surface area (Å²) in [7, 11) is 0. The van der Waals surface area contributed by atoms with Gasteiger partial charge in [0, 0.05) is 11.6 Å². The summed E-state index contributed by atoms with van der Waals surface area (Å²) in [6.45, 7) is 3.54. The standard InChI is InChI=1S/C17H16F2O2/c1-3-12-4-6-13(7-5-12)17(20)11(2)21-16-10-14(18)8-9-15(16)19/h4-11H,3H2,1-2H3. The lowest BCUT2D eigenvalue weighted by Gasteiger charge is -2.14. The summed E-state index contributed by atoms with van der Waals surface area (Å²) in [6.07, 6.45) is -0.0107. The highest BCUT2D eigenvalue weighted by Crippen LogP contribution is 2.20. The predicted molar refractivity (Wildman–Crippen MR) is 76.6 cm³/mol. The number of aryl methyl sites for hydroxylation is 1. The smallest absolute Gasteiger partial charge is 0.202 e. The van der Waals surface area contributed by atoms with Crippen LogP contribution in [-0.4, -0.2) is 11.9 Å². The number of benzene rings is 2. The molecule has 0 spiro atoms. The molecule has 2 aromatic rings. The number of rotatable bonds is 5. The minimum absolute atomic E-state index is 0.263. The van der Waals surface area contributed by atoms with Gasteiger partial charge in [0.1, 0.15) is 5.82 Å². The summed E-state index contributed by atoms with van der Waals surface area (Å²) >= 11 is 0. The number of hydrogen-bond acceptors (Lipinski definition) is 2. The Bertz CT molecular complexity index is 636. The largest absolute Gasteiger partial charge is 0.479 e. The number of carbonyl (C=O) groups is 1. The number of Topliss-reactive ketones (excluding diaryl/α,β-unsaturated/α-hetero) is 1. The first-order valence-electron chi connectivity index (χ1n) is 6.76. The van der Waals surface area contributed by atoms with Crippen molar-refractivity contribution in [3.05, 3.63) is 65.2 Å². The molecule has 0 bridgehead atoms. The molecule has 0 saturated heterocycles. The number of ether oxygens (including phenoxy) is 1. The molecule has 1 unspecified atom stereocenters. The van der Waals surface area contributed by atoms with Crippen LogP contribution in [0.5, 0.6) is 5.75 Å². The number of carbonyl (C=O) groups excluding carboxylic acids is 1. The van der Waals surface area contributed by atoms with Crippen molar-refractivity contribution in [2.75, 3.05) is 0 Å². The van der Waals surface area contributed by atoms with Crippen molar-refractivity contribution in [2.24, 2.45) is 0 Å². The third kappa shape index (κ3) is 3.66. The minimum atomic E-state index is -0.895.